The van der Waals surface area contributed by atoms with Gasteiger partial charge in [-0.2, -0.15) is 0 Å². The Bertz CT molecular complexity index is 602. The fraction of sp³-hybridized carbons (Fsp3) is 0.667. The molecular formula is C18H27N3O2. The molecule has 0 aromatic carbocycles. The fourth-order valence-corrected chi connectivity index (χ4v) is 4.55. The van der Waals surface area contributed by atoms with Crippen molar-refractivity contribution < 1.29 is 9.53 Å². The molecule has 2 aliphatic carbocycles. The summed E-state index contributed by atoms with van der Waals surface area (Å²) in [6, 6.07) is 3.91. The zero-order valence-corrected chi connectivity index (χ0v) is 14.5. The summed E-state index contributed by atoms with van der Waals surface area (Å²) in [6.45, 7) is 7.45. The number of carbonyl (C=O) groups is 1. The van der Waals surface area contributed by atoms with Gasteiger partial charge in [-0.3, -0.25) is 0 Å². The molecule has 2 saturated carbocycles. The Morgan fingerprint density at radius 1 is 1.43 bits per heavy atom. The van der Waals surface area contributed by atoms with E-state index in [4.69, 9.17) is 4.74 Å². The van der Waals surface area contributed by atoms with E-state index in [0.717, 1.165) is 17.9 Å². The first-order valence-corrected chi connectivity index (χ1v) is 8.41. The summed E-state index contributed by atoms with van der Waals surface area (Å²) in [7, 11) is 1.59. The molecule has 2 amide bonds. The first-order valence-electron chi connectivity index (χ1n) is 8.41. The Balaban J connectivity index is 1.59. The van der Waals surface area contributed by atoms with E-state index < -0.39 is 0 Å². The third kappa shape index (κ3) is 2.56. The molecule has 5 heteroatoms. The van der Waals surface area contributed by atoms with Gasteiger partial charge in [0, 0.05) is 24.3 Å². The molecule has 126 valence electrons. The molecule has 3 atom stereocenters. The van der Waals surface area contributed by atoms with Gasteiger partial charge < -0.3 is 15.4 Å². The van der Waals surface area contributed by atoms with Gasteiger partial charge in [-0.25, -0.2) is 9.78 Å². The van der Waals surface area contributed by atoms with Crippen molar-refractivity contribution in [2.75, 3.05) is 7.11 Å². The van der Waals surface area contributed by atoms with Gasteiger partial charge in [0.05, 0.1) is 7.11 Å². The highest BCUT2D eigenvalue weighted by Gasteiger charge is 2.61. The van der Waals surface area contributed by atoms with Crippen LogP contribution in [0.25, 0.3) is 0 Å². The van der Waals surface area contributed by atoms with E-state index in [1.54, 1.807) is 13.3 Å². The minimum absolute atomic E-state index is 0.106. The van der Waals surface area contributed by atoms with Crippen LogP contribution in [0, 0.1) is 16.7 Å². The molecule has 0 saturated heterocycles. The topological polar surface area (TPSA) is 63.2 Å². The summed E-state index contributed by atoms with van der Waals surface area (Å²) in [4.78, 5) is 16.5. The van der Waals surface area contributed by atoms with E-state index in [0.29, 0.717) is 17.8 Å². The molecule has 5 nitrogen and oxygen atoms in total. The van der Waals surface area contributed by atoms with Crippen LogP contribution in [0.15, 0.2) is 18.3 Å². The summed E-state index contributed by atoms with van der Waals surface area (Å²) < 4.78 is 5.21. The van der Waals surface area contributed by atoms with Gasteiger partial charge in [0.2, 0.25) is 5.88 Å². The Labute approximate surface area is 138 Å². The molecule has 1 aromatic rings. The third-order valence-corrected chi connectivity index (χ3v) is 6.58. The Hall–Kier alpha value is -1.78. The van der Waals surface area contributed by atoms with Crippen molar-refractivity contribution in [2.24, 2.45) is 16.7 Å². The number of hydrogen-bond acceptors (Lipinski definition) is 3. The van der Waals surface area contributed by atoms with Crippen LogP contribution in [-0.2, 0) is 6.54 Å². The van der Waals surface area contributed by atoms with Crippen LogP contribution < -0.4 is 15.4 Å². The van der Waals surface area contributed by atoms with Crippen LogP contribution in [0.5, 0.6) is 5.88 Å². The van der Waals surface area contributed by atoms with Crippen molar-refractivity contribution in [1.82, 2.24) is 15.6 Å². The molecule has 1 aromatic heterocycles. The lowest BCUT2D eigenvalue weighted by atomic mass is 9.69. The molecule has 0 aliphatic heterocycles. The Kier molecular flexibility index (Phi) is 3.98. The smallest absolute Gasteiger partial charge is 0.315 e. The minimum atomic E-state index is -0.106. The van der Waals surface area contributed by atoms with Crippen molar-refractivity contribution in [3.8, 4) is 5.88 Å². The SMILES string of the molecule is COc1ncccc1CNC(=O)NC1CC2CCC1(C)C2(C)C. The number of pyridine rings is 1. The highest BCUT2D eigenvalue weighted by molar-refractivity contribution is 5.74. The van der Waals surface area contributed by atoms with Gasteiger partial charge in [0.15, 0.2) is 0 Å². The minimum Gasteiger partial charge on any atom is -0.481 e. The second kappa shape index (κ2) is 5.69. The number of nitrogens with one attached hydrogen (secondary N) is 2. The zero-order chi connectivity index (χ0) is 16.7. The lowest BCUT2D eigenvalue weighted by Gasteiger charge is -2.39. The lowest BCUT2D eigenvalue weighted by Crippen LogP contribution is -2.50. The fourth-order valence-electron chi connectivity index (χ4n) is 4.55. The molecule has 0 spiro atoms. The molecule has 2 fully saturated rings. The number of urea groups is 1. The maximum absolute atomic E-state index is 12.3. The predicted octanol–water partition coefficient (Wildman–Crippen LogP) is 3.10. The summed E-state index contributed by atoms with van der Waals surface area (Å²) in [5.74, 6) is 1.28. The Morgan fingerprint density at radius 3 is 2.83 bits per heavy atom. The molecular weight excluding hydrogens is 290 g/mol. The van der Waals surface area contributed by atoms with E-state index >= 15 is 0 Å². The summed E-state index contributed by atoms with van der Waals surface area (Å²) >= 11 is 0. The number of fused-ring (bicyclic) bond motifs is 2. The van der Waals surface area contributed by atoms with Gasteiger partial charge in [-0.05, 0) is 42.1 Å². The van der Waals surface area contributed by atoms with Crippen molar-refractivity contribution in [3.05, 3.63) is 23.9 Å². The number of carbonyl (C=O) groups excluding carboxylic acids is 1. The first-order chi connectivity index (χ1) is 10.9. The molecule has 2 bridgehead atoms. The van der Waals surface area contributed by atoms with Crippen molar-refractivity contribution in [1.29, 1.82) is 0 Å². The summed E-state index contributed by atoms with van der Waals surface area (Å²) in [5, 5.41) is 6.14. The van der Waals surface area contributed by atoms with Gasteiger partial charge in [-0.1, -0.05) is 26.8 Å². The highest BCUT2D eigenvalue weighted by atomic mass is 16.5. The van der Waals surface area contributed by atoms with E-state index in [1.807, 2.05) is 12.1 Å². The van der Waals surface area contributed by atoms with Gasteiger partial charge in [-0.15, -0.1) is 0 Å². The quantitative estimate of drug-likeness (QED) is 0.897. The van der Waals surface area contributed by atoms with Crippen LogP contribution in [0.1, 0.15) is 45.6 Å². The molecule has 2 N–H and O–H groups in total. The Morgan fingerprint density at radius 2 is 2.22 bits per heavy atom. The van der Waals surface area contributed by atoms with Crippen molar-refractivity contribution in [2.45, 2.75) is 52.6 Å². The molecule has 3 unspecified atom stereocenters. The maximum atomic E-state index is 12.3. The van der Waals surface area contributed by atoms with Crippen LogP contribution in [0.3, 0.4) is 0 Å². The number of aromatic nitrogens is 1. The third-order valence-electron chi connectivity index (χ3n) is 6.58. The van der Waals surface area contributed by atoms with E-state index in [-0.39, 0.29) is 17.5 Å². The molecule has 23 heavy (non-hydrogen) atoms. The second-order valence-corrected chi connectivity index (χ2v) is 7.66. The number of methoxy groups -OCH3 is 1. The van der Waals surface area contributed by atoms with E-state index in [2.05, 4.69) is 36.4 Å². The molecule has 0 radical (unpaired) electrons. The van der Waals surface area contributed by atoms with Gasteiger partial charge in [0.25, 0.3) is 0 Å². The van der Waals surface area contributed by atoms with E-state index in [1.165, 1.54) is 12.8 Å². The summed E-state index contributed by atoms with van der Waals surface area (Å²) in [5.41, 5.74) is 1.38. The monoisotopic (exact) mass is 317 g/mol. The average molecular weight is 317 g/mol. The largest absolute Gasteiger partial charge is 0.481 e. The first kappa shape index (κ1) is 16.1. The normalized spacial score (nSPS) is 31.0. The van der Waals surface area contributed by atoms with Crippen molar-refractivity contribution in [3.63, 3.8) is 0 Å². The maximum Gasteiger partial charge on any atom is 0.315 e. The summed E-state index contributed by atoms with van der Waals surface area (Å²) in [6.07, 6.45) is 5.26. The van der Waals surface area contributed by atoms with Gasteiger partial charge >= 0.3 is 6.03 Å². The lowest BCUT2D eigenvalue weighted by molar-refractivity contribution is 0.123. The molecule has 1 heterocycles. The van der Waals surface area contributed by atoms with Crippen LogP contribution in [0.2, 0.25) is 0 Å². The van der Waals surface area contributed by atoms with Crippen LogP contribution in [0.4, 0.5) is 4.79 Å². The number of rotatable bonds is 4. The van der Waals surface area contributed by atoms with Crippen LogP contribution >= 0.6 is 0 Å². The molecule has 3 rings (SSSR count). The number of nitrogens with zero attached hydrogens (tertiary/aromatic N) is 1. The molecule has 2 aliphatic rings. The standard InChI is InChI=1S/C18H27N3O2/c1-17(2)13-7-8-18(17,3)14(10-13)21-16(22)20-11-12-6-5-9-19-15(12)23-4/h5-6,9,13-14H,7-8,10-11H2,1-4H3,(H2,20,21,22). The predicted molar refractivity (Wildman–Crippen MR) is 89.2 cm³/mol. The second-order valence-electron chi connectivity index (χ2n) is 7.66. The van der Waals surface area contributed by atoms with E-state index in [9.17, 15) is 4.79 Å². The van der Waals surface area contributed by atoms with Crippen molar-refractivity contribution >= 4 is 6.03 Å². The number of hydrogen-bond donors (Lipinski definition) is 2. The van der Waals surface area contributed by atoms with Crippen LogP contribution in [-0.4, -0.2) is 24.2 Å². The van der Waals surface area contributed by atoms with Gasteiger partial charge in [0.1, 0.15) is 0 Å². The number of ether oxygens (including phenoxy) is 1. The average Bonchev–Trinajstić information content (AvgIpc) is 2.86. The highest BCUT2D eigenvalue weighted by Crippen LogP contribution is 2.65. The zero-order valence-electron chi connectivity index (χ0n) is 14.5. The number of amides is 2.